The normalized spacial score (nSPS) is 11.7. The lowest BCUT2D eigenvalue weighted by atomic mass is 10.1. The van der Waals surface area contributed by atoms with Gasteiger partial charge in [-0.05, 0) is 55.8 Å². The van der Waals surface area contributed by atoms with Gasteiger partial charge in [0, 0.05) is 19.2 Å². The molecule has 0 aliphatic carbocycles. The van der Waals surface area contributed by atoms with Crippen LogP contribution in [0.15, 0.2) is 77.7 Å². The topological polar surface area (TPSA) is 114 Å². The van der Waals surface area contributed by atoms with Gasteiger partial charge in [-0.2, -0.15) is 0 Å². The molecule has 0 aliphatic heterocycles. The fourth-order valence-corrected chi connectivity index (χ4v) is 5.53. The number of anilines is 1. The number of ether oxygens (including phenoxy) is 3. The summed E-state index contributed by atoms with van der Waals surface area (Å²) in [5.74, 6) is 0.358. The van der Waals surface area contributed by atoms with Gasteiger partial charge < -0.3 is 24.4 Å². The lowest BCUT2D eigenvalue weighted by Gasteiger charge is -2.32. The highest BCUT2D eigenvalue weighted by molar-refractivity contribution is 7.92. The molecule has 0 heterocycles. The second-order valence-electron chi connectivity index (χ2n) is 8.81. The Morgan fingerprint density at radius 2 is 1.57 bits per heavy atom. The predicted octanol–water partition coefficient (Wildman–Crippen LogP) is 3.46. The molecule has 0 aromatic heterocycles. The van der Waals surface area contributed by atoms with Gasteiger partial charge in [0.25, 0.3) is 10.0 Å². The average Bonchev–Trinajstić information content (AvgIpc) is 2.98. The van der Waals surface area contributed by atoms with Crippen molar-refractivity contribution >= 4 is 27.5 Å². The average molecular weight is 570 g/mol. The minimum Gasteiger partial charge on any atom is -0.497 e. The number of methoxy groups -OCH3 is 3. The van der Waals surface area contributed by atoms with Crippen LogP contribution in [0.2, 0.25) is 0 Å². The standard InChI is InChI=1S/C29H35N3O7S/c1-6-30-29(34)21(2)31(19-22-11-10-12-24(17-22)37-3)28(33)20-32(40(35,36)25-13-8-7-9-14-25)23-15-16-26(38-4)27(18-23)39-5/h7-18,21H,6,19-20H2,1-5H3,(H,30,34). The smallest absolute Gasteiger partial charge is 0.264 e. The third-order valence-electron chi connectivity index (χ3n) is 6.27. The summed E-state index contributed by atoms with van der Waals surface area (Å²) in [4.78, 5) is 28.1. The van der Waals surface area contributed by atoms with Crippen LogP contribution in [0.25, 0.3) is 0 Å². The molecule has 3 aromatic carbocycles. The molecule has 2 amide bonds. The summed E-state index contributed by atoms with van der Waals surface area (Å²) >= 11 is 0. The van der Waals surface area contributed by atoms with E-state index < -0.39 is 28.5 Å². The van der Waals surface area contributed by atoms with E-state index in [0.717, 1.165) is 4.31 Å². The van der Waals surface area contributed by atoms with Gasteiger partial charge in [-0.3, -0.25) is 13.9 Å². The summed E-state index contributed by atoms with van der Waals surface area (Å²) in [6, 6.07) is 18.7. The van der Waals surface area contributed by atoms with Gasteiger partial charge >= 0.3 is 0 Å². The van der Waals surface area contributed by atoms with Crippen molar-refractivity contribution in [3.05, 3.63) is 78.4 Å². The molecule has 214 valence electrons. The highest BCUT2D eigenvalue weighted by atomic mass is 32.2. The maximum absolute atomic E-state index is 13.9. The van der Waals surface area contributed by atoms with Crippen molar-refractivity contribution in [3.8, 4) is 17.2 Å². The molecule has 3 aromatic rings. The van der Waals surface area contributed by atoms with Crippen LogP contribution in [0.1, 0.15) is 19.4 Å². The van der Waals surface area contributed by atoms with Gasteiger partial charge in [0.15, 0.2) is 11.5 Å². The molecule has 0 radical (unpaired) electrons. The zero-order valence-corrected chi connectivity index (χ0v) is 24.1. The maximum Gasteiger partial charge on any atom is 0.264 e. The Hall–Kier alpha value is -4.25. The molecule has 0 fully saturated rings. The summed E-state index contributed by atoms with van der Waals surface area (Å²) in [5, 5.41) is 2.74. The first-order valence-corrected chi connectivity index (χ1v) is 14.1. The summed E-state index contributed by atoms with van der Waals surface area (Å²) < 4.78 is 44.8. The van der Waals surface area contributed by atoms with E-state index in [1.807, 2.05) is 0 Å². The number of amides is 2. The number of sulfonamides is 1. The van der Waals surface area contributed by atoms with Crippen LogP contribution >= 0.6 is 0 Å². The molecule has 0 bridgehead atoms. The van der Waals surface area contributed by atoms with E-state index in [1.165, 1.54) is 50.5 Å². The zero-order valence-electron chi connectivity index (χ0n) is 23.3. The number of rotatable bonds is 13. The third-order valence-corrected chi connectivity index (χ3v) is 8.06. The molecule has 3 rings (SSSR count). The number of benzene rings is 3. The van der Waals surface area contributed by atoms with Gasteiger partial charge in [0.1, 0.15) is 18.3 Å². The highest BCUT2D eigenvalue weighted by Gasteiger charge is 2.33. The molecule has 40 heavy (non-hydrogen) atoms. The number of likely N-dealkylation sites (N-methyl/N-ethyl adjacent to an activating group) is 1. The first-order valence-electron chi connectivity index (χ1n) is 12.7. The molecule has 0 aliphatic rings. The first-order chi connectivity index (χ1) is 19.2. The van der Waals surface area contributed by atoms with Gasteiger partial charge in [-0.15, -0.1) is 0 Å². The Labute approximate surface area is 235 Å². The lowest BCUT2D eigenvalue weighted by molar-refractivity contribution is -0.139. The zero-order chi connectivity index (χ0) is 29.3. The Kier molecular flexibility index (Phi) is 10.4. The molecule has 0 saturated carbocycles. The summed E-state index contributed by atoms with van der Waals surface area (Å²) in [6.45, 7) is 3.25. The van der Waals surface area contributed by atoms with E-state index in [0.29, 0.717) is 29.4 Å². The number of carbonyl (C=O) groups is 2. The fraction of sp³-hybridized carbons (Fsp3) is 0.310. The summed E-state index contributed by atoms with van der Waals surface area (Å²) in [6.07, 6.45) is 0. The van der Waals surface area contributed by atoms with Gasteiger partial charge in [0.2, 0.25) is 11.8 Å². The largest absolute Gasteiger partial charge is 0.497 e. The molecular weight excluding hydrogens is 534 g/mol. The van der Waals surface area contributed by atoms with Crippen LogP contribution in [0.5, 0.6) is 17.2 Å². The van der Waals surface area contributed by atoms with Crippen molar-refractivity contribution in [2.75, 3.05) is 38.7 Å². The minimum atomic E-state index is -4.20. The molecular formula is C29H35N3O7S. The van der Waals surface area contributed by atoms with Crippen molar-refractivity contribution in [3.63, 3.8) is 0 Å². The molecule has 1 atom stereocenters. The molecule has 0 spiro atoms. The second kappa shape index (κ2) is 13.7. The quantitative estimate of drug-likeness (QED) is 0.335. The number of hydrogen-bond donors (Lipinski definition) is 1. The van der Waals surface area contributed by atoms with Crippen LogP contribution in [-0.2, 0) is 26.2 Å². The summed E-state index contributed by atoms with van der Waals surface area (Å²) in [7, 11) is 0.247. The molecule has 1 N–H and O–H groups in total. The second-order valence-corrected chi connectivity index (χ2v) is 10.7. The molecule has 1 unspecified atom stereocenters. The van der Waals surface area contributed by atoms with Crippen LogP contribution in [0.4, 0.5) is 5.69 Å². The Morgan fingerprint density at radius 1 is 0.875 bits per heavy atom. The maximum atomic E-state index is 13.9. The van der Waals surface area contributed by atoms with Gasteiger partial charge in [0.05, 0.1) is 31.9 Å². The van der Waals surface area contributed by atoms with Crippen molar-refractivity contribution in [2.24, 2.45) is 0 Å². The van der Waals surface area contributed by atoms with Crippen LogP contribution in [-0.4, -0.2) is 65.6 Å². The lowest BCUT2D eigenvalue weighted by Crippen LogP contribution is -2.51. The number of hydrogen-bond acceptors (Lipinski definition) is 7. The minimum absolute atomic E-state index is 0.00806. The first kappa shape index (κ1) is 30.3. The van der Waals surface area contributed by atoms with E-state index >= 15 is 0 Å². The van der Waals surface area contributed by atoms with Crippen LogP contribution in [0.3, 0.4) is 0 Å². The Bertz CT molecular complexity index is 1410. The number of carbonyl (C=O) groups excluding carboxylic acids is 2. The highest BCUT2D eigenvalue weighted by Crippen LogP contribution is 2.34. The Balaban J connectivity index is 2.08. The van der Waals surface area contributed by atoms with Crippen LogP contribution in [0, 0.1) is 0 Å². The van der Waals surface area contributed by atoms with E-state index in [1.54, 1.807) is 62.4 Å². The molecule has 10 nitrogen and oxygen atoms in total. The monoisotopic (exact) mass is 569 g/mol. The fourth-order valence-electron chi connectivity index (χ4n) is 4.10. The number of nitrogens with one attached hydrogen (secondary N) is 1. The number of nitrogens with zero attached hydrogens (tertiary/aromatic N) is 2. The van der Waals surface area contributed by atoms with E-state index in [4.69, 9.17) is 14.2 Å². The SMILES string of the molecule is CCNC(=O)C(C)N(Cc1cccc(OC)c1)C(=O)CN(c1ccc(OC)c(OC)c1)S(=O)(=O)c1ccccc1. The van der Waals surface area contributed by atoms with Crippen molar-refractivity contribution in [2.45, 2.75) is 31.3 Å². The van der Waals surface area contributed by atoms with Crippen LogP contribution < -0.4 is 23.8 Å². The van der Waals surface area contributed by atoms with E-state index in [9.17, 15) is 18.0 Å². The Morgan fingerprint density at radius 3 is 2.20 bits per heavy atom. The predicted molar refractivity (Wildman–Crippen MR) is 152 cm³/mol. The molecule has 0 saturated heterocycles. The van der Waals surface area contributed by atoms with Crippen molar-refractivity contribution in [1.82, 2.24) is 10.2 Å². The summed E-state index contributed by atoms with van der Waals surface area (Å²) in [5.41, 5.74) is 0.911. The van der Waals surface area contributed by atoms with Crippen molar-refractivity contribution < 1.29 is 32.2 Å². The third kappa shape index (κ3) is 7.03. The molecule has 11 heteroatoms. The van der Waals surface area contributed by atoms with Crippen molar-refractivity contribution in [1.29, 1.82) is 0 Å². The van der Waals surface area contributed by atoms with Gasteiger partial charge in [-0.1, -0.05) is 30.3 Å². The van der Waals surface area contributed by atoms with E-state index in [2.05, 4.69) is 5.32 Å². The van der Waals surface area contributed by atoms with Gasteiger partial charge in [-0.25, -0.2) is 8.42 Å². The van der Waals surface area contributed by atoms with E-state index in [-0.39, 0.29) is 23.0 Å².